The molecule has 1 N–H and O–H groups in total. The van der Waals surface area contributed by atoms with Crippen LogP contribution in [-0.4, -0.2) is 10.9 Å². The molecule has 0 saturated carbocycles. The second-order valence-corrected chi connectivity index (χ2v) is 7.08. The molecule has 1 heterocycles. The van der Waals surface area contributed by atoms with Crippen molar-refractivity contribution in [3.8, 4) is 0 Å². The number of carbonyl (C=O) groups is 1. The van der Waals surface area contributed by atoms with Gasteiger partial charge in [0.1, 0.15) is 5.82 Å². The lowest BCUT2D eigenvalue weighted by Gasteiger charge is -2.18. The van der Waals surface area contributed by atoms with Gasteiger partial charge in [0, 0.05) is 11.5 Å². The summed E-state index contributed by atoms with van der Waals surface area (Å²) in [5.41, 5.74) is 3.26. The van der Waals surface area contributed by atoms with E-state index in [2.05, 4.69) is 43.2 Å². The first-order valence-electron chi connectivity index (χ1n) is 8.37. The van der Waals surface area contributed by atoms with Crippen molar-refractivity contribution in [3.63, 3.8) is 0 Å². The Morgan fingerprint density at radius 2 is 1.68 bits per heavy atom. The van der Waals surface area contributed by atoms with Gasteiger partial charge in [-0.3, -0.25) is 4.79 Å². The van der Waals surface area contributed by atoms with Crippen LogP contribution in [0.2, 0.25) is 0 Å². The third kappa shape index (κ3) is 4.32. The summed E-state index contributed by atoms with van der Waals surface area (Å²) in [6, 6.07) is 19.8. The fourth-order valence-electron chi connectivity index (χ4n) is 2.57. The van der Waals surface area contributed by atoms with E-state index in [4.69, 9.17) is 0 Å². The van der Waals surface area contributed by atoms with E-state index in [-0.39, 0.29) is 11.3 Å². The molecule has 1 amide bonds. The molecule has 3 rings (SSSR count). The van der Waals surface area contributed by atoms with E-state index < -0.39 is 0 Å². The Hall–Kier alpha value is -2.94. The van der Waals surface area contributed by atoms with Gasteiger partial charge in [-0.1, -0.05) is 63.2 Å². The van der Waals surface area contributed by atoms with Crippen LogP contribution in [0.25, 0.3) is 17.0 Å². The zero-order valence-electron chi connectivity index (χ0n) is 14.8. The first-order chi connectivity index (χ1) is 11.9. The molecular weight excluding hydrogens is 308 g/mol. The van der Waals surface area contributed by atoms with Crippen molar-refractivity contribution in [3.05, 3.63) is 77.9 Å². The number of carbonyl (C=O) groups excluding carboxylic acids is 1. The zero-order chi connectivity index (χ0) is 17.9. The lowest BCUT2D eigenvalue weighted by atomic mass is 9.87. The van der Waals surface area contributed by atoms with Crippen molar-refractivity contribution >= 4 is 28.7 Å². The Bertz CT molecular complexity index is 919. The normalized spacial score (nSPS) is 11.8. The number of nitrogens with one attached hydrogen (secondary N) is 1. The molecule has 126 valence electrons. The second kappa shape index (κ2) is 6.89. The van der Waals surface area contributed by atoms with Gasteiger partial charge in [0.15, 0.2) is 0 Å². The van der Waals surface area contributed by atoms with Gasteiger partial charge in [-0.2, -0.15) is 0 Å². The summed E-state index contributed by atoms with van der Waals surface area (Å²) in [6.07, 6.45) is 3.34. The van der Waals surface area contributed by atoms with Gasteiger partial charge in [0.2, 0.25) is 5.91 Å². The first kappa shape index (κ1) is 16.9. The van der Waals surface area contributed by atoms with Crippen LogP contribution in [0.3, 0.4) is 0 Å². The lowest BCUT2D eigenvalue weighted by Crippen LogP contribution is -2.10. The van der Waals surface area contributed by atoms with Gasteiger partial charge in [0.05, 0.1) is 5.52 Å². The largest absolute Gasteiger partial charge is 0.307 e. The highest BCUT2D eigenvalue weighted by atomic mass is 16.1. The van der Waals surface area contributed by atoms with E-state index >= 15 is 0 Å². The van der Waals surface area contributed by atoms with Crippen LogP contribution in [-0.2, 0) is 10.2 Å². The van der Waals surface area contributed by atoms with Crippen molar-refractivity contribution in [1.29, 1.82) is 0 Å². The molecule has 3 heteroatoms. The number of anilines is 1. The summed E-state index contributed by atoms with van der Waals surface area (Å²) in [5.74, 6) is 0.360. The van der Waals surface area contributed by atoms with Crippen LogP contribution < -0.4 is 5.32 Å². The standard InChI is InChI=1S/C22H22N2O/c1-22(2,3)18-12-8-16(9-13-18)10-15-21(25)24-20-14-11-17-6-4-5-7-19(17)23-20/h4-15H,1-3H3,(H,23,24,25). The van der Waals surface area contributed by atoms with Gasteiger partial charge < -0.3 is 5.32 Å². The molecular formula is C22H22N2O. The van der Waals surface area contributed by atoms with Gasteiger partial charge in [-0.25, -0.2) is 4.98 Å². The van der Waals surface area contributed by atoms with Crippen LogP contribution >= 0.6 is 0 Å². The highest BCUT2D eigenvalue weighted by Gasteiger charge is 2.12. The highest BCUT2D eigenvalue weighted by Crippen LogP contribution is 2.22. The summed E-state index contributed by atoms with van der Waals surface area (Å²) < 4.78 is 0. The van der Waals surface area contributed by atoms with Gasteiger partial charge in [-0.15, -0.1) is 0 Å². The highest BCUT2D eigenvalue weighted by molar-refractivity contribution is 6.01. The molecule has 3 nitrogen and oxygen atoms in total. The minimum absolute atomic E-state index is 0.126. The number of para-hydroxylation sites is 1. The Morgan fingerprint density at radius 3 is 2.40 bits per heavy atom. The first-order valence-corrected chi connectivity index (χ1v) is 8.37. The summed E-state index contributed by atoms with van der Waals surface area (Å²) >= 11 is 0. The van der Waals surface area contributed by atoms with Gasteiger partial charge in [-0.05, 0) is 40.8 Å². The molecule has 0 atom stereocenters. The van der Waals surface area contributed by atoms with Crippen molar-refractivity contribution < 1.29 is 4.79 Å². The molecule has 0 aliphatic carbocycles. The number of fused-ring (bicyclic) bond motifs is 1. The van der Waals surface area contributed by atoms with Crippen LogP contribution in [0.1, 0.15) is 31.9 Å². The number of pyridine rings is 1. The van der Waals surface area contributed by atoms with Gasteiger partial charge in [0.25, 0.3) is 0 Å². The Morgan fingerprint density at radius 1 is 0.960 bits per heavy atom. The average molecular weight is 330 g/mol. The maximum Gasteiger partial charge on any atom is 0.249 e. The van der Waals surface area contributed by atoms with E-state index in [0.29, 0.717) is 5.82 Å². The third-order valence-electron chi connectivity index (χ3n) is 4.05. The van der Waals surface area contributed by atoms with E-state index in [1.54, 1.807) is 0 Å². The summed E-state index contributed by atoms with van der Waals surface area (Å²) in [5, 5.41) is 3.85. The van der Waals surface area contributed by atoms with Crippen molar-refractivity contribution in [2.24, 2.45) is 0 Å². The summed E-state index contributed by atoms with van der Waals surface area (Å²) in [7, 11) is 0. The molecule has 0 radical (unpaired) electrons. The molecule has 1 aromatic heterocycles. The predicted molar refractivity (Wildman–Crippen MR) is 105 cm³/mol. The average Bonchev–Trinajstić information content (AvgIpc) is 2.59. The van der Waals surface area contributed by atoms with Crippen LogP contribution in [0.15, 0.2) is 66.7 Å². The quantitative estimate of drug-likeness (QED) is 0.672. The van der Waals surface area contributed by atoms with E-state index in [1.807, 2.05) is 54.6 Å². The van der Waals surface area contributed by atoms with Crippen LogP contribution in [0.5, 0.6) is 0 Å². The molecule has 0 fully saturated rings. The Kier molecular flexibility index (Phi) is 4.66. The number of benzene rings is 2. The molecule has 0 unspecified atom stereocenters. The summed E-state index contributed by atoms with van der Waals surface area (Å²) in [4.78, 5) is 16.6. The monoisotopic (exact) mass is 330 g/mol. The van der Waals surface area contributed by atoms with Crippen molar-refractivity contribution in [1.82, 2.24) is 4.98 Å². The molecule has 0 spiro atoms. The van der Waals surface area contributed by atoms with E-state index in [1.165, 1.54) is 11.6 Å². The predicted octanol–water partition coefficient (Wildman–Crippen LogP) is 5.18. The molecule has 0 aliphatic heterocycles. The van der Waals surface area contributed by atoms with Crippen LogP contribution in [0, 0.1) is 0 Å². The SMILES string of the molecule is CC(C)(C)c1ccc(C=CC(=O)Nc2ccc3ccccc3n2)cc1. The Balaban J connectivity index is 1.67. The number of rotatable bonds is 3. The fraction of sp³-hybridized carbons (Fsp3) is 0.182. The molecule has 2 aromatic carbocycles. The number of aromatic nitrogens is 1. The van der Waals surface area contributed by atoms with E-state index in [0.717, 1.165) is 16.5 Å². The minimum Gasteiger partial charge on any atom is -0.307 e. The van der Waals surface area contributed by atoms with E-state index in [9.17, 15) is 4.79 Å². The van der Waals surface area contributed by atoms with Crippen molar-refractivity contribution in [2.75, 3.05) is 5.32 Å². The second-order valence-electron chi connectivity index (χ2n) is 7.08. The maximum atomic E-state index is 12.1. The topological polar surface area (TPSA) is 42.0 Å². The molecule has 0 saturated heterocycles. The Labute approximate surface area is 148 Å². The molecule has 0 bridgehead atoms. The minimum atomic E-state index is -0.192. The number of amides is 1. The maximum absolute atomic E-state index is 12.1. The van der Waals surface area contributed by atoms with Gasteiger partial charge >= 0.3 is 0 Å². The number of hydrogen-bond acceptors (Lipinski definition) is 2. The van der Waals surface area contributed by atoms with Crippen LogP contribution in [0.4, 0.5) is 5.82 Å². The zero-order valence-corrected chi connectivity index (χ0v) is 14.8. The number of hydrogen-bond donors (Lipinski definition) is 1. The smallest absolute Gasteiger partial charge is 0.249 e. The molecule has 3 aromatic rings. The number of nitrogens with zero attached hydrogens (tertiary/aromatic N) is 1. The van der Waals surface area contributed by atoms with Crippen molar-refractivity contribution in [2.45, 2.75) is 26.2 Å². The fourth-order valence-corrected chi connectivity index (χ4v) is 2.57. The molecule has 0 aliphatic rings. The summed E-state index contributed by atoms with van der Waals surface area (Å²) in [6.45, 7) is 6.55. The lowest BCUT2D eigenvalue weighted by molar-refractivity contribution is -0.111. The third-order valence-corrected chi connectivity index (χ3v) is 4.05. The molecule has 25 heavy (non-hydrogen) atoms.